The van der Waals surface area contributed by atoms with E-state index in [2.05, 4.69) is 10.3 Å². The highest BCUT2D eigenvalue weighted by Gasteiger charge is 2.20. The van der Waals surface area contributed by atoms with Crippen molar-refractivity contribution in [2.45, 2.75) is 4.90 Å². The van der Waals surface area contributed by atoms with Gasteiger partial charge in [0, 0.05) is 12.1 Å². The van der Waals surface area contributed by atoms with Crippen LogP contribution in [0, 0.1) is 10.1 Å². The van der Waals surface area contributed by atoms with Gasteiger partial charge in [0.2, 0.25) is 0 Å². The molecule has 0 radical (unpaired) electrons. The Morgan fingerprint density at radius 2 is 1.77 bits per heavy atom. The van der Waals surface area contributed by atoms with Crippen molar-refractivity contribution in [3.63, 3.8) is 0 Å². The molecule has 0 saturated carbocycles. The second-order valence-corrected chi connectivity index (χ2v) is 5.76. The molecule has 0 bridgehead atoms. The Hall–Kier alpha value is -3.01. The molecule has 0 atom stereocenters. The van der Waals surface area contributed by atoms with E-state index in [0.29, 0.717) is 11.0 Å². The minimum Gasteiger partial charge on any atom is -0.264 e. The first kappa shape index (κ1) is 13.9. The minimum atomic E-state index is -4.18. The summed E-state index contributed by atoms with van der Waals surface area (Å²) in [6, 6.07) is 11.0. The third-order valence-corrected chi connectivity index (χ3v) is 4.01. The molecule has 3 aromatic rings. The van der Waals surface area contributed by atoms with E-state index in [-0.39, 0.29) is 10.6 Å². The standard InChI is InChI=1S/C12H8N4O5S/c17-16(18)9-5-7-10(8-6-9)22(19,20)21-15-12-4-2-1-3-11(12)13-14-15/h1-8H. The lowest BCUT2D eigenvalue weighted by atomic mass is 10.3. The van der Waals surface area contributed by atoms with Gasteiger partial charge in [0.1, 0.15) is 15.9 Å². The van der Waals surface area contributed by atoms with Crippen molar-refractivity contribution >= 4 is 26.8 Å². The largest absolute Gasteiger partial charge is 0.358 e. The Morgan fingerprint density at radius 3 is 2.45 bits per heavy atom. The third kappa shape index (κ3) is 2.46. The maximum Gasteiger partial charge on any atom is 0.358 e. The van der Waals surface area contributed by atoms with Crippen LogP contribution in [0.4, 0.5) is 5.69 Å². The van der Waals surface area contributed by atoms with E-state index >= 15 is 0 Å². The van der Waals surface area contributed by atoms with Gasteiger partial charge in [-0.1, -0.05) is 17.0 Å². The monoisotopic (exact) mass is 320 g/mol. The molecule has 2 aromatic carbocycles. The fraction of sp³-hybridized carbons (Fsp3) is 0. The van der Waals surface area contributed by atoms with Crippen molar-refractivity contribution < 1.29 is 17.6 Å². The highest BCUT2D eigenvalue weighted by molar-refractivity contribution is 7.87. The van der Waals surface area contributed by atoms with Gasteiger partial charge in [0.15, 0.2) is 0 Å². The van der Waals surface area contributed by atoms with Crippen molar-refractivity contribution in [1.82, 2.24) is 15.2 Å². The molecule has 9 nitrogen and oxygen atoms in total. The normalized spacial score (nSPS) is 11.5. The lowest BCUT2D eigenvalue weighted by Crippen LogP contribution is -2.21. The molecule has 0 aliphatic heterocycles. The molecule has 1 heterocycles. The average molecular weight is 320 g/mol. The number of nitrogens with zero attached hydrogens (tertiary/aromatic N) is 4. The molecule has 0 saturated heterocycles. The molecule has 22 heavy (non-hydrogen) atoms. The molecule has 0 aliphatic rings. The minimum absolute atomic E-state index is 0.217. The lowest BCUT2D eigenvalue weighted by molar-refractivity contribution is -0.384. The van der Waals surface area contributed by atoms with Gasteiger partial charge in [-0.15, -0.1) is 5.10 Å². The Labute approximate surface area is 124 Å². The molecule has 0 fully saturated rings. The van der Waals surface area contributed by atoms with E-state index in [9.17, 15) is 18.5 Å². The van der Waals surface area contributed by atoms with E-state index < -0.39 is 15.0 Å². The SMILES string of the molecule is O=[N+]([O-])c1ccc(S(=O)(=O)On2nnc3ccccc32)cc1. The second-order valence-electron chi connectivity index (χ2n) is 4.23. The first-order valence-electron chi connectivity index (χ1n) is 5.97. The molecule has 10 heteroatoms. The van der Waals surface area contributed by atoms with Crippen LogP contribution in [0.1, 0.15) is 0 Å². The first-order chi connectivity index (χ1) is 10.5. The van der Waals surface area contributed by atoms with Crippen LogP contribution in [-0.4, -0.2) is 28.5 Å². The first-order valence-corrected chi connectivity index (χ1v) is 7.38. The fourth-order valence-electron chi connectivity index (χ4n) is 1.77. The predicted molar refractivity (Wildman–Crippen MR) is 74.4 cm³/mol. The zero-order valence-electron chi connectivity index (χ0n) is 10.9. The van der Waals surface area contributed by atoms with E-state index in [0.717, 1.165) is 29.1 Å². The molecular weight excluding hydrogens is 312 g/mol. The number of non-ortho nitro benzene ring substituents is 1. The number of para-hydroxylation sites is 1. The quantitative estimate of drug-likeness (QED) is 0.523. The molecule has 0 spiro atoms. The number of fused-ring (bicyclic) bond motifs is 1. The van der Waals surface area contributed by atoms with Crippen molar-refractivity contribution in [3.05, 3.63) is 58.6 Å². The Kier molecular flexibility index (Phi) is 3.22. The van der Waals surface area contributed by atoms with Gasteiger partial charge >= 0.3 is 10.1 Å². The Morgan fingerprint density at radius 1 is 1.09 bits per heavy atom. The second kappa shape index (κ2) is 5.07. The number of nitro benzene ring substituents is 1. The van der Waals surface area contributed by atoms with Gasteiger partial charge in [-0.2, -0.15) is 8.42 Å². The van der Waals surface area contributed by atoms with Gasteiger partial charge in [-0.3, -0.25) is 14.4 Å². The van der Waals surface area contributed by atoms with Crippen LogP contribution in [-0.2, 0) is 10.1 Å². The fourth-order valence-corrected chi connectivity index (χ4v) is 2.62. The van der Waals surface area contributed by atoms with Crippen LogP contribution in [0.2, 0.25) is 0 Å². The van der Waals surface area contributed by atoms with E-state index in [4.69, 9.17) is 4.28 Å². The molecule has 1 aromatic heterocycles. The summed E-state index contributed by atoms with van der Waals surface area (Å²) >= 11 is 0. The lowest BCUT2D eigenvalue weighted by Gasteiger charge is -2.05. The summed E-state index contributed by atoms with van der Waals surface area (Å²) in [6.07, 6.45) is 0. The number of rotatable bonds is 4. The van der Waals surface area contributed by atoms with Gasteiger partial charge < -0.3 is 0 Å². The van der Waals surface area contributed by atoms with Crippen LogP contribution in [0.5, 0.6) is 0 Å². The zero-order valence-corrected chi connectivity index (χ0v) is 11.7. The highest BCUT2D eigenvalue weighted by atomic mass is 32.2. The molecule has 0 N–H and O–H groups in total. The molecule has 3 rings (SSSR count). The van der Waals surface area contributed by atoms with Gasteiger partial charge in [-0.05, 0) is 29.5 Å². The van der Waals surface area contributed by atoms with Crippen LogP contribution in [0.3, 0.4) is 0 Å². The van der Waals surface area contributed by atoms with Gasteiger partial charge in [0.05, 0.1) is 4.92 Å². The van der Waals surface area contributed by atoms with Crippen molar-refractivity contribution in [2.75, 3.05) is 0 Å². The van der Waals surface area contributed by atoms with Crippen LogP contribution < -0.4 is 4.28 Å². The summed E-state index contributed by atoms with van der Waals surface area (Å²) in [5.74, 6) is 0. The van der Waals surface area contributed by atoms with Gasteiger partial charge in [-0.25, -0.2) is 0 Å². The summed E-state index contributed by atoms with van der Waals surface area (Å²) in [4.78, 5) is 10.5. The van der Waals surface area contributed by atoms with Crippen LogP contribution in [0.25, 0.3) is 11.0 Å². The topological polar surface area (TPSA) is 117 Å². The third-order valence-electron chi connectivity index (χ3n) is 2.83. The number of aromatic nitrogens is 3. The maximum atomic E-state index is 12.1. The summed E-state index contributed by atoms with van der Waals surface area (Å²) < 4.78 is 29.2. The highest BCUT2D eigenvalue weighted by Crippen LogP contribution is 2.17. The van der Waals surface area contributed by atoms with Crippen molar-refractivity contribution in [2.24, 2.45) is 0 Å². The molecule has 112 valence electrons. The van der Waals surface area contributed by atoms with Crippen molar-refractivity contribution in [3.8, 4) is 0 Å². The predicted octanol–water partition coefficient (Wildman–Crippen LogP) is 1.16. The number of nitro groups is 1. The Balaban J connectivity index is 1.95. The number of hydrogen-bond acceptors (Lipinski definition) is 7. The zero-order chi connectivity index (χ0) is 15.7. The average Bonchev–Trinajstić information content (AvgIpc) is 2.90. The van der Waals surface area contributed by atoms with Crippen molar-refractivity contribution in [1.29, 1.82) is 0 Å². The molecular formula is C12H8N4O5S. The van der Waals surface area contributed by atoms with Gasteiger partial charge in [0.25, 0.3) is 5.69 Å². The van der Waals surface area contributed by atoms with E-state index in [1.54, 1.807) is 24.3 Å². The summed E-state index contributed by atoms with van der Waals surface area (Å²) in [6.45, 7) is 0. The maximum absolute atomic E-state index is 12.1. The smallest absolute Gasteiger partial charge is 0.264 e. The molecule has 0 amide bonds. The number of hydrogen-bond donors (Lipinski definition) is 0. The number of benzene rings is 2. The summed E-state index contributed by atoms with van der Waals surface area (Å²) in [7, 11) is -4.18. The molecule has 0 unspecified atom stereocenters. The van der Waals surface area contributed by atoms with E-state index in [1.165, 1.54) is 0 Å². The molecule has 0 aliphatic carbocycles. The summed E-state index contributed by atoms with van der Waals surface area (Å²) in [5, 5.41) is 17.9. The summed E-state index contributed by atoms with van der Waals surface area (Å²) in [5.41, 5.74) is 0.638. The van der Waals surface area contributed by atoms with E-state index in [1.807, 2.05) is 0 Å². The van der Waals surface area contributed by atoms with Crippen LogP contribution >= 0.6 is 0 Å². The Bertz CT molecular complexity index is 949. The van der Waals surface area contributed by atoms with Crippen LogP contribution in [0.15, 0.2) is 53.4 Å².